The minimum atomic E-state index is -0.515. The number of Topliss-reactive ketones (excluding diaryl/α,β-unsaturated/α-hetero) is 2. The van der Waals surface area contributed by atoms with Crippen LogP contribution >= 0.6 is 27.3 Å². The number of halogens is 1. The van der Waals surface area contributed by atoms with E-state index in [2.05, 4.69) is 21.2 Å². The van der Waals surface area contributed by atoms with Crippen LogP contribution in [0.2, 0.25) is 0 Å². The second kappa shape index (κ2) is 3.62. The Balaban J connectivity index is 2.32. The van der Waals surface area contributed by atoms with Crippen molar-refractivity contribution in [1.82, 2.24) is 5.32 Å². The number of thiophene rings is 1. The highest BCUT2D eigenvalue weighted by molar-refractivity contribution is 9.10. The molecule has 2 aliphatic rings. The summed E-state index contributed by atoms with van der Waals surface area (Å²) in [6, 6.07) is 1.53. The van der Waals surface area contributed by atoms with Crippen LogP contribution in [0, 0.1) is 0 Å². The third kappa shape index (κ3) is 1.26. The Bertz CT molecular complexity index is 896. The van der Waals surface area contributed by atoms with Crippen molar-refractivity contribution in [2.75, 3.05) is 0 Å². The predicted molar refractivity (Wildman–Crippen MR) is 74.6 cm³/mol. The summed E-state index contributed by atoms with van der Waals surface area (Å²) in [6.45, 7) is 0. The number of carbonyl (C=O) groups excluding carboxylic acids is 4. The first kappa shape index (κ1) is 11.9. The molecule has 2 aromatic rings. The van der Waals surface area contributed by atoms with E-state index in [-0.39, 0.29) is 18.0 Å². The van der Waals surface area contributed by atoms with Gasteiger partial charge in [0.1, 0.15) is 4.88 Å². The molecule has 0 fully saturated rings. The van der Waals surface area contributed by atoms with Crippen molar-refractivity contribution in [1.29, 1.82) is 0 Å². The number of amides is 2. The van der Waals surface area contributed by atoms with Crippen LogP contribution in [0.1, 0.15) is 46.5 Å². The Morgan fingerprint density at radius 3 is 2.50 bits per heavy atom. The number of hydrogen-bond donors (Lipinski definition) is 1. The van der Waals surface area contributed by atoms with E-state index in [0.29, 0.717) is 36.1 Å². The van der Waals surface area contributed by atoms with Gasteiger partial charge in [0.2, 0.25) is 0 Å². The van der Waals surface area contributed by atoms with E-state index >= 15 is 0 Å². The van der Waals surface area contributed by atoms with E-state index in [0.717, 1.165) is 11.3 Å². The van der Waals surface area contributed by atoms with Gasteiger partial charge in [-0.2, -0.15) is 0 Å². The van der Waals surface area contributed by atoms with Crippen molar-refractivity contribution in [2.45, 2.75) is 6.42 Å². The molecule has 1 aliphatic carbocycles. The van der Waals surface area contributed by atoms with E-state index in [1.165, 1.54) is 6.07 Å². The van der Waals surface area contributed by atoms with Gasteiger partial charge in [0.05, 0.1) is 16.9 Å². The summed E-state index contributed by atoms with van der Waals surface area (Å²) in [5, 5.41) is 3.11. The van der Waals surface area contributed by atoms with Crippen LogP contribution in [0.3, 0.4) is 0 Å². The molecule has 0 bridgehead atoms. The van der Waals surface area contributed by atoms with Crippen LogP contribution in [0.5, 0.6) is 0 Å². The summed E-state index contributed by atoms with van der Waals surface area (Å²) in [4.78, 5) is 48.6. The van der Waals surface area contributed by atoms with Crippen molar-refractivity contribution in [3.63, 3.8) is 0 Å². The highest BCUT2D eigenvalue weighted by Gasteiger charge is 2.37. The molecule has 1 aromatic heterocycles. The lowest BCUT2D eigenvalue weighted by Crippen LogP contribution is -2.33. The summed E-state index contributed by atoms with van der Waals surface area (Å²) < 4.78 is 0.479. The highest BCUT2D eigenvalue weighted by Crippen LogP contribution is 2.44. The second-order valence-electron chi connectivity index (χ2n) is 4.60. The fourth-order valence-corrected chi connectivity index (χ4v) is 4.47. The molecule has 0 saturated carbocycles. The third-order valence-corrected chi connectivity index (χ3v) is 5.32. The average Bonchev–Trinajstić information content (AvgIpc) is 2.76. The first-order valence-corrected chi connectivity index (χ1v) is 7.31. The van der Waals surface area contributed by atoms with Gasteiger partial charge in [0.25, 0.3) is 11.8 Å². The largest absolute Gasteiger partial charge is 0.294 e. The molecule has 0 atom stereocenters. The van der Waals surface area contributed by atoms with Crippen molar-refractivity contribution in [3.05, 3.63) is 31.4 Å². The maximum Gasteiger partial charge on any atom is 0.268 e. The summed E-state index contributed by atoms with van der Waals surface area (Å²) in [5.74, 6) is -1.61. The standard InChI is InChI=1S/C13H4BrNO4S/c14-4-1-3-7-9-8(4)5(16)2-6(17)10(9)20-11(7)13(19)15-12(3)18/h1H,2H2,(H,15,18,19). The molecule has 2 amide bonds. The van der Waals surface area contributed by atoms with Crippen LogP contribution in [-0.2, 0) is 0 Å². The monoisotopic (exact) mass is 349 g/mol. The van der Waals surface area contributed by atoms with Gasteiger partial charge >= 0.3 is 0 Å². The third-order valence-electron chi connectivity index (χ3n) is 3.47. The van der Waals surface area contributed by atoms with Crippen molar-refractivity contribution in [2.24, 2.45) is 0 Å². The Kier molecular flexibility index (Phi) is 2.16. The molecule has 0 radical (unpaired) electrons. The number of hydrogen-bond acceptors (Lipinski definition) is 5. The second-order valence-corrected chi connectivity index (χ2v) is 6.47. The highest BCUT2D eigenvalue weighted by atomic mass is 79.9. The zero-order valence-corrected chi connectivity index (χ0v) is 12.1. The quantitative estimate of drug-likeness (QED) is 0.584. The fourth-order valence-electron chi connectivity index (χ4n) is 2.67. The SMILES string of the molecule is O=C1NC(=O)c2sc3c4c(c(Br)cc1c24)C(=O)CC3=O. The van der Waals surface area contributed by atoms with E-state index in [1.807, 2.05) is 0 Å². The summed E-state index contributed by atoms with van der Waals surface area (Å²) in [7, 11) is 0. The minimum Gasteiger partial charge on any atom is -0.294 e. The Labute approximate surface area is 124 Å². The number of rotatable bonds is 0. The Hall–Kier alpha value is -1.86. The van der Waals surface area contributed by atoms with Gasteiger partial charge in [-0.25, -0.2) is 0 Å². The number of carbonyl (C=O) groups is 4. The molecule has 0 spiro atoms. The van der Waals surface area contributed by atoms with Crippen LogP contribution in [0.15, 0.2) is 10.5 Å². The van der Waals surface area contributed by atoms with Gasteiger partial charge in [0.15, 0.2) is 11.6 Å². The maximum absolute atomic E-state index is 12.1. The smallest absolute Gasteiger partial charge is 0.268 e. The molecule has 1 aliphatic heterocycles. The summed E-state index contributed by atoms with van der Waals surface area (Å²) >= 11 is 4.33. The van der Waals surface area contributed by atoms with E-state index < -0.39 is 11.8 Å². The topological polar surface area (TPSA) is 80.3 Å². The lowest BCUT2D eigenvalue weighted by molar-refractivity contribution is 0.0841. The molecule has 1 aromatic carbocycles. The van der Waals surface area contributed by atoms with Gasteiger partial charge in [-0.05, 0) is 22.0 Å². The molecule has 0 unspecified atom stereocenters. The number of benzene rings is 1. The molecule has 4 rings (SSSR count). The molecule has 20 heavy (non-hydrogen) atoms. The molecule has 1 N–H and O–H groups in total. The number of ketones is 2. The molecule has 5 nitrogen and oxygen atoms in total. The molecular formula is C13H4BrNO4S. The lowest BCUT2D eigenvalue weighted by atomic mass is 9.89. The van der Waals surface area contributed by atoms with Crippen LogP contribution < -0.4 is 5.32 Å². The van der Waals surface area contributed by atoms with E-state index in [4.69, 9.17) is 0 Å². The summed E-state index contributed by atoms with van der Waals surface area (Å²) in [6.07, 6.45) is -0.199. The Morgan fingerprint density at radius 1 is 1.00 bits per heavy atom. The van der Waals surface area contributed by atoms with Crippen LogP contribution in [-0.4, -0.2) is 23.4 Å². The zero-order chi connectivity index (χ0) is 14.2. The van der Waals surface area contributed by atoms with E-state index in [1.54, 1.807) is 0 Å². The average molecular weight is 350 g/mol. The van der Waals surface area contributed by atoms with Gasteiger partial charge in [0, 0.05) is 20.8 Å². The van der Waals surface area contributed by atoms with Crippen LogP contribution in [0.25, 0.3) is 10.8 Å². The van der Waals surface area contributed by atoms with E-state index in [9.17, 15) is 19.2 Å². The molecule has 7 heteroatoms. The molecule has 98 valence electrons. The Morgan fingerprint density at radius 2 is 1.75 bits per heavy atom. The molecule has 2 heterocycles. The number of nitrogens with one attached hydrogen (secondary N) is 1. The lowest BCUT2D eigenvalue weighted by Gasteiger charge is -2.16. The fraction of sp³-hybridized carbons (Fsp3) is 0.0769. The van der Waals surface area contributed by atoms with Gasteiger partial charge in [-0.1, -0.05) is 0 Å². The maximum atomic E-state index is 12.1. The van der Waals surface area contributed by atoms with Crippen molar-refractivity contribution in [3.8, 4) is 0 Å². The van der Waals surface area contributed by atoms with Crippen molar-refractivity contribution < 1.29 is 19.2 Å². The summed E-state index contributed by atoms with van der Waals surface area (Å²) in [5.41, 5.74) is 0.707. The number of imide groups is 1. The molecular weight excluding hydrogens is 346 g/mol. The van der Waals surface area contributed by atoms with Gasteiger partial charge in [-0.3, -0.25) is 24.5 Å². The predicted octanol–water partition coefficient (Wildman–Crippen LogP) is 2.32. The first-order valence-electron chi connectivity index (χ1n) is 5.70. The van der Waals surface area contributed by atoms with Crippen LogP contribution in [0.4, 0.5) is 0 Å². The van der Waals surface area contributed by atoms with Gasteiger partial charge < -0.3 is 0 Å². The molecule has 0 saturated heterocycles. The zero-order valence-electron chi connectivity index (χ0n) is 9.70. The minimum absolute atomic E-state index is 0.199. The van der Waals surface area contributed by atoms with Crippen molar-refractivity contribution >= 4 is 61.4 Å². The normalized spacial score (nSPS) is 16.9. The first-order chi connectivity index (χ1) is 9.49. The van der Waals surface area contributed by atoms with Gasteiger partial charge in [-0.15, -0.1) is 11.3 Å².